The van der Waals surface area contributed by atoms with Crippen molar-refractivity contribution < 1.29 is 4.74 Å². The molecule has 0 radical (unpaired) electrons. The molecule has 0 aliphatic carbocycles. The van der Waals surface area contributed by atoms with Gasteiger partial charge in [-0.05, 0) is 45.1 Å². The molecule has 1 aromatic carbocycles. The van der Waals surface area contributed by atoms with Crippen LogP contribution in [0, 0.1) is 0 Å². The number of nitrogens with zero attached hydrogens (tertiary/aromatic N) is 1. The summed E-state index contributed by atoms with van der Waals surface area (Å²) in [7, 11) is 4.21. The van der Waals surface area contributed by atoms with Crippen LogP contribution in [0.2, 0.25) is 0 Å². The number of hydrogen-bond acceptors (Lipinski definition) is 3. The van der Waals surface area contributed by atoms with Crippen LogP contribution in [0.15, 0.2) is 18.2 Å². The van der Waals surface area contributed by atoms with Crippen LogP contribution in [0.4, 0.5) is 0 Å². The van der Waals surface area contributed by atoms with Crippen LogP contribution < -0.4 is 10.1 Å². The molecule has 2 rings (SSSR count). The van der Waals surface area contributed by atoms with Crippen molar-refractivity contribution in [2.75, 3.05) is 27.2 Å². The lowest BCUT2D eigenvalue weighted by molar-refractivity contribution is 0.334. The molecule has 3 nitrogen and oxygen atoms in total. The lowest BCUT2D eigenvalue weighted by Gasteiger charge is -2.23. The first-order chi connectivity index (χ1) is 8.56. The summed E-state index contributed by atoms with van der Waals surface area (Å²) in [6, 6.07) is 7.42. The standard InChI is InChI=1S/C15H24N2O/c1-11(10-17(3)4)16-12(2)13-5-6-15-14(9-13)7-8-18-15/h5-6,9,11-12,16H,7-8,10H2,1-4H3. The molecule has 0 amide bonds. The summed E-state index contributed by atoms with van der Waals surface area (Å²) < 4.78 is 5.54. The maximum Gasteiger partial charge on any atom is 0.122 e. The second kappa shape index (κ2) is 5.72. The summed E-state index contributed by atoms with van der Waals surface area (Å²) in [5.74, 6) is 1.06. The molecule has 0 spiro atoms. The summed E-state index contributed by atoms with van der Waals surface area (Å²) in [6.07, 6.45) is 1.04. The van der Waals surface area contributed by atoms with Crippen molar-refractivity contribution in [3.8, 4) is 5.75 Å². The van der Waals surface area contributed by atoms with E-state index in [1.54, 1.807) is 0 Å². The second-order valence-corrected chi connectivity index (χ2v) is 5.52. The van der Waals surface area contributed by atoms with Crippen molar-refractivity contribution in [3.63, 3.8) is 0 Å². The van der Waals surface area contributed by atoms with Gasteiger partial charge < -0.3 is 15.0 Å². The monoisotopic (exact) mass is 248 g/mol. The van der Waals surface area contributed by atoms with E-state index in [2.05, 4.69) is 56.4 Å². The van der Waals surface area contributed by atoms with Gasteiger partial charge in [0.2, 0.25) is 0 Å². The van der Waals surface area contributed by atoms with Crippen LogP contribution in [0.3, 0.4) is 0 Å². The summed E-state index contributed by atoms with van der Waals surface area (Å²) in [4.78, 5) is 2.21. The highest BCUT2D eigenvalue weighted by Gasteiger charge is 2.15. The van der Waals surface area contributed by atoms with Crippen LogP contribution in [0.1, 0.15) is 31.0 Å². The van der Waals surface area contributed by atoms with Crippen LogP contribution in [-0.2, 0) is 6.42 Å². The fourth-order valence-electron chi connectivity index (χ4n) is 2.60. The van der Waals surface area contributed by atoms with Crippen LogP contribution in [0.5, 0.6) is 5.75 Å². The van der Waals surface area contributed by atoms with Crippen molar-refractivity contribution in [2.24, 2.45) is 0 Å². The minimum absolute atomic E-state index is 0.380. The quantitative estimate of drug-likeness (QED) is 0.865. The highest BCUT2D eigenvalue weighted by Crippen LogP contribution is 2.28. The number of nitrogens with one attached hydrogen (secondary N) is 1. The predicted octanol–water partition coefficient (Wildman–Crippen LogP) is 2.22. The van der Waals surface area contributed by atoms with Gasteiger partial charge in [-0.1, -0.05) is 12.1 Å². The first-order valence-electron chi connectivity index (χ1n) is 6.72. The normalized spacial score (nSPS) is 17.4. The second-order valence-electron chi connectivity index (χ2n) is 5.52. The molecular weight excluding hydrogens is 224 g/mol. The van der Waals surface area contributed by atoms with Crippen LogP contribution in [0.25, 0.3) is 0 Å². The molecule has 18 heavy (non-hydrogen) atoms. The Morgan fingerprint density at radius 2 is 2.11 bits per heavy atom. The molecule has 0 saturated heterocycles. The Morgan fingerprint density at radius 3 is 2.83 bits per heavy atom. The van der Waals surface area contributed by atoms with Crippen molar-refractivity contribution in [3.05, 3.63) is 29.3 Å². The van der Waals surface area contributed by atoms with Crippen molar-refractivity contribution in [2.45, 2.75) is 32.4 Å². The van der Waals surface area contributed by atoms with E-state index in [0.29, 0.717) is 12.1 Å². The Balaban J connectivity index is 1.98. The van der Waals surface area contributed by atoms with Gasteiger partial charge in [-0.15, -0.1) is 0 Å². The Bertz CT molecular complexity index is 403. The highest BCUT2D eigenvalue weighted by atomic mass is 16.5. The van der Waals surface area contributed by atoms with E-state index < -0.39 is 0 Å². The lowest BCUT2D eigenvalue weighted by atomic mass is 10.0. The van der Waals surface area contributed by atoms with Gasteiger partial charge in [0.25, 0.3) is 0 Å². The van der Waals surface area contributed by atoms with Crippen molar-refractivity contribution >= 4 is 0 Å². The zero-order valence-electron chi connectivity index (χ0n) is 11.9. The molecule has 0 aromatic heterocycles. The molecule has 0 fully saturated rings. The molecule has 1 heterocycles. The Hall–Kier alpha value is -1.06. The van der Waals surface area contributed by atoms with Crippen LogP contribution >= 0.6 is 0 Å². The fourth-order valence-corrected chi connectivity index (χ4v) is 2.60. The summed E-state index contributed by atoms with van der Waals surface area (Å²) in [5, 5.41) is 3.64. The van der Waals surface area contributed by atoms with E-state index >= 15 is 0 Å². The first-order valence-corrected chi connectivity index (χ1v) is 6.72. The van der Waals surface area contributed by atoms with Gasteiger partial charge in [-0.3, -0.25) is 0 Å². The van der Waals surface area contributed by atoms with Crippen molar-refractivity contribution in [1.82, 2.24) is 10.2 Å². The SMILES string of the molecule is CC(CN(C)C)NC(C)c1ccc2c(c1)CCO2. The number of ether oxygens (including phenoxy) is 1. The zero-order chi connectivity index (χ0) is 13.1. The molecule has 3 heteroatoms. The molecule has 100 valence electrons. The van der Waals surface area contributed by atoms with Gasteiger partial charge in [0.1, 0.15) is 5.75 Å². The zero-order valence-corrected chi connectivity index (χ0v) is 11.9. The van der Waals surface area contributed by atoms with E-state index in [0.717, 1.165) is 25.3 Å². The maximum atomic E-state index is 5.54. The molecule has 2 unspecified atom stereocenters. The topological polar surface area (TPSA) is 24.5 Å². The summed E-state index contributed by atoms with van der Waals surface area (Å²) in [6.45, 7) is 6.34. The summed E-state index contributed by atoms with van der Waals surface area (Å²) >= 11 is 0. The molecule has 1 aliphatic heterocycles. The van der Waals surface area contributed by atoms with Gasteiger partial charge in [-0.2, -0.15) is 0 Å². The van der Waals surface area contributed by atoms with Gasteiger partial charge >= 0.3 is 0 Å². The largest absolute Gasteiger partial charge is 0.493 e. The molecule has 0 bridgehead atoms. The number of hydrogen-bond donors (Lipinski definition) is 1. The number of rotatable bonds is 5. The van der Waals surface area contributed by atoms with E-state index in [-0.39, 0.29) is 0 Å². The lowest BCUT2D eigenvalue weighted by Crippen LogP contribution is -2.37. The van der Waals surface area contributed by atoms with Gasteiger partial charge in [0.15, 0.2) is 0 Å². The van der Waals surface area contributed by atoms with Gasteiger partial charge in [0.05, 0.1) is 6.61 Å². The average Bonchev–Trinajstić information content (AvgIpc) is 2.74. The number of benzene rings is 1. The molecule has 1 aliphatic rings. The smallest absolute Gasteiger partial charge is 0.122 e. The van der Waals surface area contributed by atoms with Crippen molar-refractivity contribution in [1.29, 1.82) is 0 Å². The third-order valence-electron chi connectivity index (χ3n) is 3.39. The van der Waals surface area contributed by atoms with E-state index in [1.807, 2.05) is 0 Å². The van der Waals surface area contributed by atoms with Gasteiger partial charge in [0, 0.05) is 25.0 Å². The third kappa shape index (κ3) is 3.24. The Kier molecular flexibility index (Phi) is 4.25. The van der Waals surface area contributed by atoms with Crippen LogP contribution in [-0.4, -0.2) is 38.2 Å². The molecule has 2 atom stereocenters. The first kappa shape index (κ1) is 13.4. The average molecular weight is 248 g/mol. The Labute approximate surface area is 110 Å². The molecule has 0 saturated carbocycles. The molecular formula is C15H24N2O. The minimum atomic E-state index is 0.380. The fraction of sp³-hybridized carbons (Fsp3) is 0.600. The highest BCUT2D eigenvalue weighted by molar-refractivity contribution is 5.40. The summed E-state index contributed by atoms with van der Waals surface area (Å²) in [5.41, 5.74) is 2.70. The number of fused-ring (bicyclic) bond motifs is 1. The minimum Gasteiger partial charge on any atom is -0.493 e. The maximum absolute atomic E-state index is 5.54. The van der Waals surface area contributed by atoms with E-state index in [4.69, 9.17) is 4.74 Å². The van der Waals surface area contributed by atoms with Gasteiger partial charge in [-0.25, -0.2) is 0 Å². The third-order valence-corrected chi connectivity index (χ3v) is 3.39. The number of likely N-dealkylation sites (N-methyl/N-ethyl adjacent to an activating group) is 1. The molecule has 1 N–H and O–H groups in total. The van der Waals surface area contributed by atoms with E-state index in [1.165, 1.54) is 11.1 Å². The van der Waals surface area contributed by atoms with E-state index in [9.17, 15) is 0 Å². The predicted molar refractivity (Wildman–Crippen MR) is 75.2 cm³/mol. The Morgan fingerprint density at radius 1 is 1.33 bits per heavy atom. The molecule has 1 aromatic rings.